The summed E-state index contributed by atoms with van der Waals surface area (Å²) in [6.07, 6.45) is 3.98. The predicted molar refractivity (Wildman–Crippen MR) is 139 cm³/mol. The van der Waals surface area contributed by atoms with Crippen molar-refractivity contribution in [3.8, 4) is 5.69 Å². The molecule has 7 nitrogen and oxygen atoms in total. The van der Waals surface area contributed by atoms with Gasteiger partial charge < -0.3 is 9.47 Å². The lowest BCUT2D eigenvalue weighted by Crippen LogP contribution is -2.47. The number of hydrogen-bond donors (Lipinski definition) is 0. The van der Waals surface area contributed by atoms with E-state index in [9.17, 15) is 14.4 Å². The molecule has 3 heterocycles. The van der Waals surface area contributed by atoms with Gasteiger partial charge in [-0.1, -0.05) is 36.2 Å². The number of likely N-dealkylation sites (tertiary alicyclic amines) is 1. The summed E-state index contributed by atoms with van der Waals surface area (Å²) in [5.74, 6) is -0.0706. The molecule has 0 N–H and O–H groups in total. The van der Waals surface area contributed by atoms with Crippen LogP contribution in [-0.4, -0.2) is 37.1 Å². The van der Waals surface area contributed by atoms with E-state index in [1.165, 1.54) is 9.13 Å². The Hall–Kier alpha value is -3.61. The molecule has 1 aliphatic heterocycles. The van der Waals surface area contributed by atoms with Gasteiger partial charge in [-0.25, -0.2) is 9.36 Å². The number of aromatic nitrogens is 3. The van der Waals surface area contributed by atoms with Crippen molar-refractivity contribution in [2.45, 2.75) is 59.0 Å². The Kier molecular flexibility index (Phi) is 5.87. The van der Waals surface area contributed by atoms with Crippen LogP contribution in [-0.2, 0) is 18.4 Å². The molecule has 4 aromatic rings. The fraction of sp³-hybridized carbons (Fsp3) is 0.393. The topological polar surface area (TPSA) is 69.2 Å². The zero-order valence-corrected chi connectivity index (χ0v) is 20.9. The molecule has 0 spiro atoms. The van der Waals surface area contributed by atoms with E-state index < -0.39 is 5.69 Å². The van der Waals surface area contributed by atoms with Crippen LogP contribution < -0.4 is 11.2 Å². The first-order chi connectivity index (χ1) is 16.8. The molecule has 0 saturated carbocycles. The first-order valence-corrected chi connectivity index (χ1v) is 12.4. The molecule has 1 aliphatic rings. The van der Waals surface area contributed by atoms with Crippen molar-refractivity contribution in [3.05, 3.63) is 74.4 Å². The van der Waals surface area contributed by atoms with E-state index in [1.54, 1.807) is 12.1 Å². The summed E-state index contributed by atoms with van der Waals surface area (Å²) < 4.78 is 4.56. The van der Waals surface area contributed by atoms with Crippen LogP contribution in [0.3, 0.4) is 0 Å². The van der Waals surface area contributed by atoms with Crippen molar-refractivity contribution in [3.63, 3.8) is 0 Å². The van der Waals surface area contributed by atoms with Crippen LogP contribution >= 0.6 is 0 Å². The van der Waals surface area contributed by atoms with Gasteiger partial charge in [-0.2, -0.15) is 0 Å². The minimum atomic E-state index is -0.487. The minimum absolute atomic E-state index is 0.0706. The van der Waals surface area contributed by atoms with Gasteiger partial charge in [-0.3, -0.25) is 14.2 Å². The number of benzene rings is 2. The van der Waals surface area contributed by atoms with Crippen LogP contribution in [0.1, 0.15) is 43.7 Å². The van der Waals surface area contributed by atoms with Crippen molar-refractivity contribution >= 4 is 27.8 Å². The van der Waals surface area contributed by atoms with Gasteiger partial charge in [-0.05, 0) is 63.8 Å². The highest BCUT2D eigenvalue weighted by Gasteiger charge is 2.28. The molecular formula is C28H32N4O3. The molecule has 1 fully saturated rings. The molecule has 0 aliphatic carbocycles. The smallest absolute Gasteiger partial charge is 0.336 e. The lowest BCUT2D eigenvalue weighted by Gasteiger charge is -2.35. The number of amides is 1. The summed E-state index contributed by atoms with van der Waals surface area (Å²) in [4.78, 5) is 43.2. The maximum atomic E-state index is 13.9. The fourth-order valence-electron chi connectivity index (χ4n) is 5.51. The zero-order valence-electron chi connectivity index (χ0n) is 20.9. The van der Waals surface area contributed by atoms with Crippen LogP contribution in [0.25, 0.3) is 27.6 Å². The van der Waals surface area contributed by atoms with Gasteiger partial charge in [0.2, 0.25) is 5.91 Å². The standard InChI is InChI=1S/C28H32N4O3/c1-5-20-8-6-7-15-30(20)24(33)17-31-25-22-16-19(3)11-14-23(22)29(4)26(25)27(34)32(28(31)35)21-12-9-18(2)10-13-21/h9-14,16,20H,5-8,15,17H2,1-4H3/t20-/m0/s1. The molecule has 35 heavy (non-hydrogen) atoms. The number of piperidine rings is 1. The highest BCUT2D eigenvalue weighted by Crippen LogP contribution is 2.27. The average Bonchev–Trinajstić information content (AvgIpc) is 3.14. The van der Waals surface area contributed by atoms with Gasteiger partial charge in [0.1, 0.15) is 12.1 Å². The summed E-state index contributed by atoms with van der Waals surface area (Å²) in [6, 6.07) is 13.5. The molecule has 182 valence electrons. The molecule has 0 bridgehead atoms. The maximum absolute atomic E-state index is 13.9. The lowest BCUT2D eigenvalue weighted by atomic mass is 10.00. The average molecular weight is 473 g/mol. The molecule has 7 heteroatoms. The number of carbonyl (C=O) groups is 1. The van der Waals surface area contributed by atoms with E-state index in [1.807, 2.05) is 60.7 Å². The number of fused-ring (bicyclic) bond motifs is 3. The molecule has 5 rings (SSSR count). The van der Waals surface area contributed by atoms with Crippen molar-refractivity contribution in [1.29, 1.82) is 0 Å². The Balaban J connectivity index is 1.80. The molecule has 0 unspecified atom stereocenters. The second kappa shape index (κ2) is 8.87. The Labute approximate surface area is 204 Å². The summed E-state index contributed by atoms with van der Waals surface area (Å²) in [7, 11) is 1.84. The molecule has 2 aromatic carbocycles. The van der Waals surface area contributed by atoms with Crippen LogP contribution in [0.4, 0.5) is 0 Å². The van der Waals surface area contributed by atoms with Crippen molar-refractivity contribution in [2.24, 2.45) is 7.05 Å². The highest BCUT2D eigenvalue weighted by molar-refractivity contribution is 6.06. The fourth-order valence-corrected chi connectivity index (χ4v) is 5.51. The largest absolute Gasteiger partial charge is 0.338 e. The Morgan fingerprint density at radius 3 is 2.40 bits per heavy atom. The number of aryl methyl sites for hydroxylation is 3. The van der Waals surface area contributed by atoms with Gasteiger partial charge in [0.05, 0.1) is 16.7 Å². The monoisotopic (exact) mass is 472 g/mol. The van der Waals surface area contributed by atoms with E-state index in [2.05, 4.69) is 6.92 Å². The Morgan fingerprint density at radius 2 is 1.69 bits per heavy atom. The summed E-state index contributed by atoms with van der Waals surface area (Å²) >= 11 is 0. The van der Waals surface area contributed by atoms with Crippen LogP contribution in [0.15, 0.2) is 52.1 Å². The molecular weight excluding hydrogens is 440 g/mol. The first kappa shape index (κ1) is 23.1. The Morgan fingerprint density at radius 1 is 0.971 bits per heavy atom. The number of hydrogen-bond acceptors (Lipinski definition) is 3. The first-order valence-electron chi connectivity index (χ1n) is 12.4. The van der Waals surface area contributed by atoms with Gasteiger partial charge >= 0.3 is 5.69 Å². The second-order valence-electron chi connectivity index (χ2n) is 9.77. The third kappa shape index (κ3) is 3.79. The number of carbonyl (C=O) groups excluding carboxylic acids is 1. The normalized spacial score (nSPS) is 16.3. The van der Waals surface area contributed by atoms with E-state index in [4.69, 9.17) is 0 Å². The summed E-state index contributed by atoms with van der Waals surface area (Å²) in [5, 5.41) is 0.811. The van der Waals surface area contributed by atoms with Gasteiger partial charge in [0.15, 0.2) is 0 Å². The van der Waals surface area contributed by atoms with Gasteiger partial charge in [0.25, 0.3) is 5.56 Å². The van der Waals surface area contributed by atoms with Crippen molar-refractivity contribution < 1.29 is 4.79 Å². The van der Waals surface area contributed by atoms with Gasteiger partial charge in [-0.15, -0.1) is 0 Å². The molecule has 1 amide bonds. The van der Waals surface area contributed by atoms with Crippen LogP contribution in [0.5, 0.6) is 0 Å². The Bertz CT molecular complexity index is 1560. The van der Waals surface area contributed by atoms with E-state index in [-0.39, 0.29) is 24.1 Å². The third-order valence-corrected chi connectivity index (χ3v) is 7.43. The molecule has 1 atom stereocenters. The zero-order chi connectivity index (χ0) is 24.9. The number of nitrogens with zero attached hydrogens (tertiary/aromatic N) is 4. The lowest BCUT2D eigenvalue weighted by molar-refractivity contribution is -0.135. The summed E-state index contributed by atoms with van der Waals surface area (Å²) in [5.41, 5.74) is 3.51. The van der Waals surface area contributed by atoms with Gasteiger partial charge in [0, 0.05) is 25.0 Å². The van der Waals surface area contributed by atoms with E-state index in [0.29, 0.717) is 23.3 Å². The van der Waals surface area contributed by atoms with E-state index >= 15 is 0 Å². The minimum Gasteiger partial charge on any atom is -0.338 e. The molecule has 0 radical (unpaired) electrons. The summed E-state index contributed by atoms with van der Waals surface area (Å²) in [6.45, 7) is 6.67. The highest BCUT2D eigenvalue weighted by atomic mass is 16.2. The van der Waals surface area contributed by atoms with Crippen LogP contribution in [0, 0.1) is 13.8 Å². The quantitative estimate of drug-likeness (QED) is 0.450. The van der Waals surface area contributed by atoms with E-state index in [0.717, 1.165) is 47.7 Å². The third-order valence-electron chi connectivity index (χ3n) is 7.43. The van der Waals surface area contributed by atoms with Crippen molar-refractivity contribution in [2.75, 3.05) is 6.54 Å². The predicted octanol–water partition coefficient (Wildman–Crippen LogP) is 4.05. The second-order valence-corrected chi connectivity index (χ2v) is 9.77. The maximum Gasteiger partial charge on any atom is 0.336 e. The molecule has 2 aromatic heterocycles. The number of rotatable bonds is 4. The van der Waals surface area contributed by atoms with Crippen molar-refractivity contribution in [1.82, 2.24) is 18.6 Å². The SMILES string of the molecule is CC[C@H]1CCCCN1C(=O)Cn1c(=O)n(-c2ccc(C)cc2)c(=O)c2c1c1cc(C)ccc1n2C. The molecule has 1 saturated heterocycles. The van der Waals surface area contributed by atoms with Crippen LogP contribution in [0.2, 0.25) is 0 Å².